The van der Waals surface area contributed by atoms with E-state index < -0.39 is 14.7 Å². The van der Waals surface area contributed by atoms with E-state index >= 15 is 0 Å². The van der Waals surface area contributed by atoms with Gasteiger partial charge in [0.1, 0.15) is 4.87 Å². The van der Waals surface area contributed by atoms with E-state index in [4.69, 9.17) is 0 Å². The molecule has 0 aliphatic carbocycles. The molecule has 0 spiro atoms. The summed E-state index contributed by atoms with van der Waals surface area (Å²) >= 11 is 0. The van der Waals surface area contributed by atoms with Gasteiger partial charge in [-0.1, -0.05) is 6.92 Å². The Morgan fingerprint density at radius 1 is 0.950 bits per heavy atom. The number of piperidine rings is 2. The molecule has 20 heavy (non-hydrogen) atoms. The van der Waals surface area contributed by atoms with Crippen LogP contribution >= 0.6 is 0 Å². The average Bonchev–Trinajstić information content (AvgIpc) is 2.39. The fraction of sp³-hybridized carbons (Fsp3) is 1.00. The molecule has 0 aromatic rings. The SMILES string of the molecule is CC1CCN(C(C)(C)S(=O)(=O)C2CCN(C)CC2)CC1. The maximum atomic E-state index is 13.0. The molecule has 0 radical (unpaired) electrons. The molecule has 0 aromatic carbocycles. The summed E-state index contributed by atoms with van der Waals surface area (Å²) in [6, 6.07) is 0. The first-order valence-corrected chi connectivity index (χ1v) is 9.47. The van der Waals surface area contributed by atoms with Crippen LogP contribution in [0.15, 0.2) is 0 Å². The standard InChI is InChI=1S/C15H30N2O2S/c1-13-5-11-17(12-6-13)15(2,3)20(18,19)14-7-9-16(4)10-8-14/h13-14H,5-12H2,1-4H3. The second kappa shape index (κ2) is 5.93. The van der Waals surface area contributed by atoms with Gasteiger partial charge >= 0.3 is 0 Å². The zero-order chi connectivity index (χ0) is 15.0. The molecular formula is C15H30N2O2S. The number of sulfone groups is 1. The van der Waals surface area contributed by atoms with E-state index in [9.17, 15) is 8.42 Å². The molecule has 0 amide bonds. The minimum atomic E-state index is -3.10. The van der Waals surface area contributed by atoms with Gasteiger partial charge in [-0.05, 0) is 78.7 Å². The Balaban J connectivity index is 2.10. The fourth-order valence-corrected chi connectivity index (χ4v) is 5.62. The van der Waals surface area contributed by atoms with Gasteiger partial charge in [-0.15, -0.1) is 0 Å². The van der Waals surface area contributed by atoms with E-state index in [2.05, 4.69) is 23.8 Å². The van der Waals surface area contributed by atoms with Crippen LogP contribution in [-0.4, -0.2) is 61.6 Å². The van der Waals surface area contributed by atoms with Crippen molar-refractivity contribution in [1.82, 2.24) is 9.80 Å². The first-order chi connectivity index (χ1) is 9.25. The molecule has 2 saturated heterocycles. The summed E-state index contributed by atoms with van der Waals surface area (Å²) in [5.74, 6) is 0.730. The third-order valence-corrected chi connectivity index (χ3v) is 8.35. The zero-order valence-corrected chi connectivity index (χ0v) is 14.2. The van der Waals surface area contributed by atoms with Gasteiger partial charge in [-0.25, -0.2) is 8.42 Å². The van der Waals surface area contributed by atoms with Crippen molar-refractivity contribution in [3.05, 3.63) is 0 Å². The summed E-state index contributed by atoms with van der Waals surface area (Å²) in [6.45, 7) is 9.72. The molecule has 0 aromatic heterocycles. The Kier molecular flexibility index (Phi) is 4.82. The number of hydrogen-bond acceptors (Lipinski definition) is 4. The van der Waals surface area contributed by atoms with Crippen molar-refractivity contribution in [2.75, 3.05) is 33.2 Å². The molecule has 0 unspecified atom stereocenters. The van der Waals surface area contributed by atoms with Gasteiger partial charge in [0.25, 0.3) is 0 Å². The lowest BCUT2D eigenvalue weighted by molar-refractivity contribution is 0.128. The molecule has 2 aliphatic heterocycles. The third-order valence-electron chi connectivity index (χ3n) is 5.35. The highest BCUT2D eigenvalue weighted by atomic mass is 32.2. The third kappa shape index (κ3) is 3.04. The van der Waals surface area contributed by atoms with E-state index in [-0.39, 0.29) is 5.25 Å². The van der Waals surface area contributed by atoms with E-state index in [0.717, 1.165) is 57.8 Å². The first-order valence-electron chi connectivity index (χ1n) is 7.92. The molecular weight excluding hydrogens is 272 g/mol. The molecule has 5 heteroatoms. The lowest BCUT2D eigenvalue weighted by Gasteiger charge is -2.44. The molecule has 2 aliphatic rings. The molecule has 118 valence electrons. The van der Waals surface area contributed by atoms with Crippen LogP contribution in [0.25, 0.3) is 0 Å². The summed E-state index contributed by atoms with van der Waals surface area (Å²) < 4.78 is 26.1. The Labute approximate surface area is 124 Å². The van der Waals surface area contributed by atoms with Crippen molar-refractivity contribution >= 4 is 9.84 Å². The van der Waals surface area contributed by atoms with E-state index in [1.807, 2.05) is 13.8 Å². The molecule has 0 N–H and O–H groups in total. The van der Waals surface area contributed by atoms with Crippen molar-refractivity contribution in [3.8, 4) is 0 Å². The zero-order valence-electron chi connectivity index (χ0n) is 13.4. The quantitative estimate of drug-likeness (QED) is 0.799. The maximum Gasteiger partial charge on any atom is 0.171 e. The highest BCUT2D eigenvalue weighted by Gasteiger charge is 2.45. The molecule has 4 nitrogen and oxygen atoms in total. The maximum absolute atomic E-state index is 13.0. The van der Waals surface area contributed by atoms with Crippen molar-refractivity contribution in [2.24, 2.45) is 5.92 Å². The monoisotopic (exact) mass is 302 g/mol. The van der Waals surface area contributed by atoms with Crippen LogP contribution < -0.4 is 0 Å². The van der Waals surface area contributed by atoms with Gasteiger partial charge in [0.15, 0.2) is 9.84 Å². The van der Waals surface area contributed by atoms with Crippen molar-refractivity contribution < 1.29 is 8.42 Å². The van der Waals surface area contributed by atoms with Crippen LogP contribution in [0.4, 0.5) is 0 Å². The van der Waals surface area contributed by atoms with Crippen molar-refractivity contribution in [2.45, 2.75) is 56.6 Å². The number of hydrogen-bond donors (Lipinski definition) is 0. The minimum Gasteiger partial charge on any atom is -0.306 e. The number of rotatable bonds is 3. The summed E-state index contributed by atoms with van der Waals surface area (Å²) in [7, 11) is -1.03. The van der Waals surface area contributed by atoms with Crippen LogP contribution in [0.1, 0.15) is 46.5 Å². The fourth-order valence-electron chi connectivity index (χ4n) is 3.43. The van der Waals surface area contributed by atoms with Gasteiger partial charge in [-0.3, -0.25) is 4.90 Å². The molecule has 0 atom stereocenters. The van der Waals surface area contributed by atoms with Crippen LogP contribution in [0.5, 0.6) is 0 Å². The first kappa shape index (κ1) is 16.2. The molecule has 2 rings (SSSR count). The highest BCUT2D eigenvalue weighted by molar-refractivity contribution is 7.93. The van der Waals surface area contributed by atoms with Gasteiger partial charge in [-0.2, -0.15) is 0 Å². The molecule has 2 fully saturated rings. The summed E-state index contributed by atoms with van der Waals surface area (Å²) in [5.41, 5.74) is 0. The normalized spacial score (nSPS) is 26.0. The lowest BCUT2D eigenvalue weighted by Crippen LogP contribution is -2.56. The highest BCUT2D eigenvalue weighted by Crippen LogP contribution is 2.33. The van der Waals surface area contributed by atoms with E-state index in [1.54, 1.807) is 0 Å². The largest absolute Gasteiger partial charge is 0.306 e. The van der Waals surface area contributed by atoms with Gasteiger partial charge in [0.05, 0.1) is 5.25 Å². The average molecular weight is 302 g/mol. The van der Waals surface area contributed by atoms with Gasteiger partial charge in [0.2, 0.25) is 0 Å². The lowest BCUT2D eigenvalue weighted by atomic mass is 9.98. The second-order valence-corrected chi connectivity index (χ2v) is 9.92. The predicted molar refractivity (Wildman–Crippen MR) is 83.5 cm³/mol. The van der Waals surface area contributed by atoms with Crippen molar-refractivity contribution in [1.29, 1.82) is 0 Å². The summed E-state index contributed by atoms with van der Waals surface area (Å²) in [4.78, 5) is 3.70. The topological polar surface area (TPSA) is 40.6 Å². The van der Waals surface area contributed by atoms with Gasteiger partial charge in [0, 0.05) is 0 Å². The summed E-state index contributed by atoms with van der Waals surface area (Å²) in [6.07, 6.45) is 3.80. The molecule has 2 heterocycles. The Morgan fingerprint density at radius 3 is 1.95 bits per heavy atom. The molecule has 0 bridgehead atoms. The molecule has 0 saturated carbocycles. The van der Waals surface area contributed by atoms with E-state index in [0.29, 0.717) is 0 Å². The van der Waals surface area contributed by atoms with Crippen LogP contribution in [0.2, 0.25) is 0 Å². The predicted octanol–water partition coefficient (Wildman–Crippen LogP) is 1.96. The van der Waals surface area contributed by atoms with Crippen LogP contribution in [0, 0.1) is 5.92 Å². The smallest absolute Gasteiger partial charge is 0.171 e. The van der Waals surface area contributed by atoms with Gasteiger partial charge < -0.3 is 4.90 Å². The van der Waals surface area contributed by atoms with Crippen LogP contribution in [0.3, 0.4) is 0 Å². The second-order valence-electron chi connectivity index (χ2n) is 7.16. The Morgan fingerprint density at radius 2 is 1.45 bits per heavy atom. The van der Waals surface area contributed by atoms with Crippen molar-refractivity contribution in [3.63, 3.8) is 0 Å². The Hall–Kier alpha value is -0.130. The minimum absolute atomic E-state index is 0.159. The van der Waals surface area contributed by atoms with Crippen LogP contribution in [-0.2, 0) is 9.84 Å². The number of likely N-dealkylation sites (tertiary alicyclic amines) is 2. The summed E-state index contributed by atoms with van der Waals surface area (Å²) in [5, 5.41) is -0.159. The Bertz CT molecular complexity index is 417. The number of nitrogens with zero attached hydrogens (tertiary/aromatic N) is 2. The van der Waals surface area contributed by atoms with E-state index in [1.165, 1.54) is 0 Å².